The molecule has 210 valence electrons. The lowest BCUT2D eigenvalue weighted by Crippen LogP contribution is -2.42. The topological polar surface area (TPSA) is 125 Å². The Labute approximate surface area is 255 Å². The van der Waals surface area contributed by atoms with Crippen LogP contribution < -0.4 is 16.0 Å². The second-order valence-electron chi connectivity index (χ2n) is 11.1. The van der Waals surface area contributed by atoms with E-state index in [2.05, 4.69) is 51.4 Å². The first-order valence-corrected chi connectivity index (χ1v) is 15.6. The largest absolute Gasteiger partial charge is 0.384 e. The molecule has 11 heteroatoms. The van der Waals surface area contributed by atoms with Crippen molar-refractivity contribution in [2.45, 2.75) is 50.8 Å². The van der Waals surface area contributed by atoms with Crippen molar-refractivity contribution in [1.82, 2.24) is 10.2 Å². The number of anilines is 2. The average molecular weight is 650 g/mol. The fourth-order valence-electron chi connectivity index (χ4n) is 5.21. The molecule has 0 fully saturated rings. The molecular formula is C30H29BrN6O2S2. The number of ketones is 1. The number of nitrogens with zero attached hydrogens (tertiary/aromatic N) is 4. The summed E-state index contributed by atoms with van der Waals surface area (Å²) < 4.78 is 1.39. The van der Waals surface area contributed by atoms with Gasteiger partial charge in [-0.25, -0.2) is 0 Å². The van der Waals surface area contributed by atoms with Gasteiger partial charge in [-0.1, -0.05) is 72.8 Å². The van der Waals surface area contributed by atoms with Crippen LogP contribution >= 0.6 is 39.0 Å². The number of Topliss-reactive ketones (excluding diaryl/α,β-unsaturated/α-hetero) is 1. The number of carbonyl (C=O) groups is 2. The van der Waals surface area contributed by atoms with E-state index in [-0.39, 0.29) is 28.7 Å². The number of aryl methyl sites for hydroxylation is 2. The van der Waals surface area contributed by atoms with Gasteiger partial charge in [-0.2, -0.15) is 5.26 Å². The number of aromatic nitrogens is 2. The van der Waals surface area contributed by atoms with Crippen molar-refractivity contribution in [2.75, 3.05) is 16.0 Å². The molecule has 1 atom stereocenters. The number of nitriles is 1. The normalized spacial score (nSPS) is 18.3. The minimum absolute atomic E-state index is 0.00475. The van der Waals surface area contributed by atoms with Crippen LogP contribution in [-0.4, -0.2) is 27.6 Å². The van der Waals surface area contributed by atoms with E-state index in [1.54, 1.807) is 4.90 Å². The van der Waals surface area contributed by atoms with E-state index in [0.717, 1.165) is 26.9 Å². The summed E-state index contributed by atoms with van der Waals surface area (Å²) in [6.07, 6.45) is 0.968. The van der Waals surface area contributed by atoms with Crippen molar-refractivity contribution in [3.63, 3.8) is 0 Å². The number of benzene rings is 2. The molecule has 2 aliphatic rings. The molecule has 0 radical (unpaired) electrons. The molecule has 5 rings (SSSR count). The van der Waals surface area contributed by atoms with Gasteiger partial charge in [-0.3, -0.25) is 14.5 Å². The van der Waals surface area contributed by atoms with Gasteiger partial charge >= 0.3 is 0 Å². The van der Waals surface area contributed by atoms with E-state index in [1.165, 1.54) is 23.1 Å². The molecule has 8 nitrogen and oxygen atoms in total. The summed E-state index contributed by atoms with van der Waals surface area (Å²) in [7, 11) is 0. The number of allylic oxidation sites excluding steroid dienone is 3. The number of rotatable bonds is 6. The number of hydrogen-bond acceptors (Lipinski definition) is 9. The maximum Gasteiger partial charge on any atom is 0.234 e. The molecule has 1 aliphatic heterocycles. The first-order valence-electron chi connectivity index (χ1n) is 13.0. The molecule has 1 aromatic heterocycles. The Morgan fingerprint density at radius 3 is 2.59 bits per heavy atom. The summed E-state index contributed by atoms with van der Waals surface area (Å²) in [5.74, 6) is -0.325. The van der Waals surface area contributed by atoms with Crippen molar-refractivity contribution in [2.24, 2.45) is 11.1 Å². The molecule has 3 aromatic rings. The van der Waals surface area contributed by atoms with E-state index >= 15 is 0 Å². The van der Waals surface area contributed by atoms with Crippen molar-refractivity contribution in [1.29, 1.82) is 5.26 Å². The Morgan fingerprint density at radius 1 is 1.20 bits per heavy atom. The summed E-state index contributed by atoms with van der Waals surface area (Å²) in [5.41, 5.74) is 11.8. The summed E-state index contributed by atoms with van der Waals surface area (Å²) in [6.45, 7) is 8.09. The average Bonchev–Trinajstić information content (AvgIpc) is 3.37. The van der Waals surface area contributed by atoms with Gasteiger partial charge < -0.3 is 11.1 Å². The van der Waals surface area contributed by atoms with Crippen LogP contribution in [0.1, 0.15) is 49.3 Å². The van der Waals surface area contributed by atoms with Gasteiger partial charge in [0.05, 0.1) is 29.0 Å². The van der Waals surface area contributed by atoms with Crippen molar-refractivity contribution in [3.05, 3.63) is 86.3 Å². The number of nitrogens with two attached hydrogens (primary N) is 1. The third-order valence-corrected chi connectivity index (χ3v) is 9.80. The predicted octanol–water partition coefficient (Wildman–Crippen LogP) is 6.59. The molecule has 0 saturated heterocycles. The molecular weight excluding hydrogens is 620 g/mol. The second-order valence-corrected chi connectivity index (χ2v) is 14.1. The monoisotopic (exact) mass is 648 g/mol. The van der Waals surface area contributed by atoms with Crippen molar-refractivity contribution >= 4 is 61.5 Å². The molecule has 0 spiro atoms. The van der Waals surface area contributed by atoms with Crippen LogP contribution in [0, 0.1) is 30.6 Å². The number of thioether (sulfide) groups is 1. The number of halogens is 1. The third-order valence-electron chi connectivity index (χ3n) is 7.10. The van der Waals surface area contributed by atoms with Crippen LogP contribution in [-0.2, 0) is 9.59 Å². The number of amides is 1. The molecule has 3 N–H and O–H groups in total. The maximum atomic E-state index is 13.7. The third kappa shape index (κ3) is 5.96. The minimum atomic E-state index is -0.540. The molecule has 1 amide bonds. The van der Waals surface area contributed by atoms with E-state index in [1.807, 2.05) is 56.3 Å². The van der Waals surface area contributed by atoms with Gasteiger partial charge in [0.25, 0.3) is 0 Å². The Kier molecular flexibility index (Phi) is 8.10. The number of carbonyl (C=O) groups excluding carboxylic acids is 2. The Bertz CT molecular complexity index is 1650. The van der Waals surface area contributed by atoms with Crippen LogP contribution in [0.5, 0.6) is 0 Å². The summed E-state index contributed by atoms with van der Waals surface area (Å²) in [6, 6.07) is 15.9. The lowest BCUT2D eigenvalue weighted by Gasteiger charge is -2.42. The molecule has 0 saturated carbocycles. The zero-order chi connectivity index (χ0) is 29.5. The summed E-state index contributed by atoms with van der Waals surface area (Å²) in [4.78, 5) is 28.0. The highest BCUT2D eigenvalue weighted by Gasteiger charge is 2.45. The smallest absolute Gasteiger partial charge is 0.234 e. The molecule has 0 bridgehead atoms. The highest BCUT2D eigenvalue weighted by molar-refractivity contribution is 9.10. The molecule has 1 aliphatic carbocycles. The van der Waals surface area contributed by atoms with Gasteiger partial charge in [0.15, 0.2) is 10.1 Å². The van der Waals surface area contributed by atoms with E-state index in [4.69, 9.17) is 5.73 Å². The van der Waals surface area contributed by atoms with Crippen LogP contribution in [0.3, 0.4) is 0 Å². The van der Waals surface area contributed by atoms with Gasteiger partial charge in [0.2, 0.25) is 11.0 Å². The maximum absolute atomic E-state index is 13.7. The quantitative estimate of drug-likeness (QED) is 0.287. The predicted molar refractivity (Wildman–Crippen MR) is 166 cm³/mol. The van der Waals surface area contributed by atoms with Crippen LogP contribution in [0.25, 0.3) is 0 Å². The fraction of sp³-hybridized carbons (Fsp3) is 0.300. The SMILES string of the molecule is Cc1ccc(C2C(C#N)=C(N)N(c3nnc(SCC(=O)Nc4ccc(C)cc4Br)s3)C3=C2C(=O)CC(C)(C)C3)cc1. The van der Waals surface area contributed by atoms with Gasteiger partial charge in [0.1, 0.15) is 5.82 Å². The first kappa shape index (κ1) is 29.0. The molecule has 41 heavy (non-hydrogen) atoms. The Morgan fingerprint density at radius 2 is 1.90 bits per heavy atom. The standard InChI is InChI=1S/C30H29BrN6O2S2/c1-16-5-8-18(9-6-16)25-19(14-32)27(33)37(22-12-30(3,4)13-23(38)26(22)25)28-35-36-29(41-28)40-15-24(39)34-21-10-7-17(2)11-20(21)31/h5-11,25H,12-13,15,33H2,1-4H3,(H,34,39). The minimum Gasteiger partial charge on any atom is -0.384 e. The Balaban J connectivity index is 1.45. The van der Waals surface area contributed by atoms with E-state index in [0.29, 0.717) is 39.1 Å². The van der Waals surface area contributed by atoms with Crippen LogP contribution in [0.15, 0.2) is 73.9 Å². The zero-order valence-electron chi connectivity index (χ0n) is 23.1. The van der Waals surface area contributed by atoms with Crippen LogP contribution in [0.2, 0.25) is 0 Å². The molecule has 1 unspecified atom stereocenters. The van der Waals surface area contributed by atoms with Crippen molar-refractivity contribution in [3.8, 4) is 6.07 Å². The van der Waals surface area contributed by atoms with Gasteiger partial charge in [-0.15, -0.1) is 10.2 Å². The van der Waals surface area contributed by atoms with Gasteiger partial charge in [-0.05, 0) is 64.9 Å². The highest BCUT2D eigenvalue weighted by atomic mass is 79.9. The number of hydrogen-bond donors (Lipinski definition) is 2. The lowest BCUT2D eigenvalue weighted by molar-refractivity contribution is -0.118. The van der Waals surface area contributed by atoms with E-state index < -0.39 is 5.92 Å². The summed E-state index contributed by atoms with van der Waals surface area (Å²) in [5, 5.41) is 22.3. The van der Waals surface area contributed by atoms with Gasteiger partial charge in [0, 0.05) is 22.2 Å². The lowest BCUT2D eigenvalue weighted by atomic mass is 9.68. The summed E-state index contributed by atoms with van der Waals surface area (Å²) >= 11 is 6.02. The molecule has 2 aromatic carbocycles. The van der Waals surface area contributed by atoms with Crippen molar-refractivity contribution < 1.29 is 9.59 Å². The highest BCUT2D eigenvalue weighted by Crippen LogP contribution is 2.50. The number of nitrogens with one attached hydrogen (secondary N) is 1. The molecule has 2 heterocycles. The first-order chi connectivity index (χ1) is 19.5. The van der Waals surface area contributed by atoms with Crippen LogP contribution in [0.4, 0.5) is 10.8 Å². The Hall–Kier alpha value is -3.46. The second kappa shape index (κ2) is 11.4. The fourth-order valence-corrected chi connectivity index (χ4v) is 7.48. The zero-order valence-corrected chi connectivity index (χ0v) is 26.3. The van der Waals surface area contributed by atoms with E-state index in [9.17, 15) is 14.9 Å².